The zero-order chi connectivity index (χ0) is 18.3. The van der Waals surface area contributed by atoms with Crippen LogP contribution >= 0.6 is 0 Å². The molecule has 1 N–H and O–H groups in total. The number of fused-ring (bicyclic) bond motifs is 3. The van der Waals surface area contributed by atoms with Gasteiger partial charge in [-0.25, -0.2) is 4.39 Å². The Balaban J connectivity index is 1.43. The minimum Gasteiger partial charge on any atom is -0.481 e. The van der Waals surface area contributed by atoms with Crippen molar-refractivity contribution in [2.75, 3.05) is 31.1 Å². The van der Waals surface area contributed by atoms with Gasteiger partial charge in [-0.05, 0) is 61.8 Å². The van der Waals surface area contributed by atoms with Crippen LogP contribution < -0.4 is 4.90 Å². The molecule has 3 saturated carbocycles. The smallest absolute Gasteiger partial charge is 0.307 e. The largest absolute Gasteiger partial charge is 0.481 e. The van der Waals surface area contributed by atoms with Crippen molar-refractivity contribution < 1.29 is 19.1 Å². The number of halogens is 1. The van der Waals surface area contributed by atoms with E-state index in [-0.39, 0.29) is 29.5 Å². The van der Waals surface area contributed by atoms with Crippen molar-refractivity contribution in [2.45, 2.75) is 25.7 Å². The van der Waals surface area contributed by atoms with Gasteiger partial charge in [0.1, 0.15) is 5.82 Å². The summed E-state index contributed by atoms with van der Waals surface area (Å²) in [6.45, 7) is 2.57. The first-order valence-electron chi connectivity index (χ1n) is 9.56. The Bertz CT molecular complexity index is 677. The van der Waals surface area contributed by atoms with Crippen molar-refractivity contribution in [2.24, 2.45) is 23.7 Å². The fourth-order valence-electron chi connectivity index (χ4n) is 5.21. The molecule has 0 unspecified atom stereocenters. The average molecular weight is 360 g/mol. The van der Waals surface area contributed by atoms with Crippen LogP contribution in [-0.4, -0.2) is 48.1 Å². The Labute approximate surface area is 152 Å². The van der Waals surface area contributed by atoms with Crippen molar-refractivity contribution >= 4 is 17.6 Å². The highest BCUT2D eigenvalue weighted by atomic mass is 19.1. The molecule has 1 aromatic rings. The highest BCUT2D eigenvalue weighted by Crippen LogP contribution is 2.49. The molecule has 5 nitrogen and oxygen atoms in total. The van der Waals surface area contributed by atoms with Crippen LogP contribution in [0.5, 0.6) is 0 Å². The topological polar surface area (TPSA) is 60.9 Å². The first-order valence-corrected chi connectivity index (χ1v) is 9.56. The van der Waals surface area contributed by atoms with Crippen LogP contribution in [0.15, 0.2) is 24.3 Å². The van der Waals surface area contributed by atoms with E-state index >= 15 is 0 Å². The zero-order valence-electron chi connectivity index (χ0n) is 14.8. The molecule has 1 aromatic carbocycles. The highest BCUT2D eigenvalue weighted by Gasteiger charge is 2.51. The molecule has 1 saturated heterocycles. The van der Waals surface area contributed by atoms with Crippen molar-refractivity contribution in [3.63, 3.8) is 0 Å². The van der Waals surface area contributed by atoms with Gasteiger partial charge in [0, 0.05) is 31.9 Å². The molecule has 26 heavy (non-hydrogen) atoms. The summed E-state index contributed by atoms with van der Waals surface area (Å²) in [5, 5.41) is 9.68. The number of anilines is 1. The molecule has 2 atom stereocenters. The molecule has 140 valence electrons. The van der Waals surface area contributed by atoms with E-state index in [1.807, 2.05) is 4.90 Å². The van der Waals surface area contributed by atoms with E-state index in [1.54, 1.807) is 12.1 Å². The van der Waals surface area contributed by atoms with Gasteiger partial charge in [0.05, 0.1) is 11.8 Å². The third kappa shape index (κ3) is 3.06. The molecule has 0 aromatic heterocycles. The molecule has 2 bridgehead atoms. The lowest BCUT2D eigenvalue weighted by atomic mass is 9.58. The fourth-order valence-corrected chi connectivity index (χ4v) is 5.21. The maximum Gasteiger partial charge on any atom is 0.307 e. The molecular formula is C20H25FN2O3. The first kappa shape index (κ1) is 17.3. The summed E-state index contributed by atoms with van der Waals surface area (Å²) in [4.78, 5) is 28.9. The quantitative estimate of drug-likeness (QED) is 0.900. The summed E-state index contributed by atoms with van der Waals surface area (Å²) in [6.07, 6.45) is 3.87. The number of nitrogens with zero attached hydrogens (tertiary/aromatic N) is 2. The number of carboxylic acid groups (broad SMARTS) is 1. The van der Waals surface area contributed by atoms with Crippen LogP contribution in [0.25, 0.3) is 0 Å². The Morgan fingerprint density at radius 1 is 0.885 bits per heavy atom. The van der Waals surface area contributed by atoms with Crippen molar-refractivity contribution in [1.82, 2.24) is 4.90 Å². The second-order valence-electron chi connectivity index (χ2n) is 7.85. The molecule has 3 aliphatic carbocycles. The molecule has 6 heteroatoms. The van der Waals surface area contributed by atoms with E-state index in [0.717, 1.165) is 31.4 Å². The highest BCUT2D eigenvalue weighted by molar-refractivity contribution is 5.86. The number of benzene rings is 1. The van der Waals surface area contributed by atoms with Crippen LogP contribution in [0.3, 0.4) is 0 Å². The SMILES string of the molecule is O=C(O)[C@H]1C2CCC(CC2)[C@H]1C(=O)N1CCN(c2ccc(F)cc2)CC1. The van der Waals surface area contributed by atoms with Gasteiger partial charge in [0.15, 0.2) is 0 Å². The molecule has 5 rings (SSSR count). The molecule has 0 radical (unpaired) electrons. The summed E-state index contributed by atoms with van der Waals surface area (Å²) in [5.74, 6) is -1.50. The summed E-state index contributed by atoms with van der Waals surface area (Å²) in [6, 6.07) is 6.41. The minimum atomic E-state index is -0.803. The lowest BCUT2D eigenvalue weighted by Gasteiger charge is -2.48. The number of carboxylic acids is 1. The van der Waals surface area contributed by atoms with Crippen LogP contribution in [0, 0.1) is 29.5 Å². The fraction of sp³-hybridized carbons (Fsp3) is 0.600. The summed E-state index contributed by atoms with van der Waals surface area (Å²) in [5.41, 5.74) is 0.957. The van der Waals surface area contributed by atoms with Gasteiger partial charge in [0.2, 0.25) is 5.91 Å². The van der Waals surface area contributed by atoms with Gasteiger partial charge < -0.3 is 14.9 Å². The number of aliphatic carboxylic acids is 1. The number of rotatable bonds is 3. The molecule has 1 heterocycles. The Morgan fingerprint density at radius 3 is 1.96 bits per heavy atom. The van der Waals surface area contributed by atoms with Crippen molar-refractivity contribution in [1.29, 1.82) is 0 Å². The van der Waals surface area contributed by atoms with Crippen molar-refractivity contribution in [3.05, 3.63) is 30.1 Å². The van der Waals surface area contributed by atoms with Gasteiger partial charge in [-0.2, -0.15) is 0 Å². The Kier molecular flexibility index (Phi) is 4.59. The van der Waals surface area contributed by atoms with Gasteiger partial charge in [-0.15, -0.1) is 0 Å². The lowest BCUT2D eigenvalue weighted by Crippen LogP contribution is -2.56. The maximum absolute atomic E-state index is 13.1. The number of hydrogen-bond acceptors (Lipinski definition) is 3. The van der Waals surface area contributed by atoms with Crippen LogP contribution in [0.4, 0.5) is 10.1 Å². The van der Waals surface area contributed by atoms with Crippen LogP contribution in [0.1, 0.15) is 25.7 Å². The second-order valence-corrected chi connectivity index (χ2v) is 7.85. The van der Waals surface area contributed by atoms with Gasteiger partial charge in [-0.3, -0.25) is 9.59 Å². The maximum atomic E-state index is 13.1. The number of piperazine rings is 1. The Hall–Kier alpha value is -2.11. The summed E-state index contributed by atoms with van der Waals surface area (Å²) >= 11 is 0. The zero-order valence-corrected chi connectivity index (χ0v) is 14.8. The number of amides is 1. The van der Waals surface area contributed by atoms with E-state index in [9.17, 15) is 19.1 Å². The first-order chi connectivity index (χ1) is 12.5. The predicted molar refractivity (Wildman–Crippen MR) is 95.3 cm³/mol. The third-order valence-corrected chi connectivity index (χ3v) is 6.57. The predicted octanol–water partition coefficient (Wildman–Crippen LogP) is 2.61. The lowest BCUT2D eigenvalue weighted by molar-refractivity contribution is -0.162. The van der Waals surface area contributed by atoms with E-state index < -0.39 is 11.9 Å². The van der Waals surface area contributed by atoms with E-state index in [1.165, 1.54) is 12.1 Å². The number of carbonyl (C=O) groups is 2. The molecule has 1 aliphatic heterocycles. The molecular weight excluding hydrogens is 335 g/mol. The van der Waals surface area contributed by atoms with Crippen LogP contribution in [0.2, 0.25) is 0 Å². The number of carbonyl (C=O) groups excluding carboxylic acids is 1. The monoisotopic (exact) mass is 360 g/mol. The average Bonchev–Trinajstić information content (AvgIpc) is 2.68. The minimum absolute atomic E-state index is 0.0329. The summed E-state index contributed by atoms with van der Waals surface area (Å²) < 4.78 is 13.1. The van der Waals surface area contributed by atoms with Gasteiger partial charge in [-0.1, -0.05) is 0 Å². The van der Waals surface area contributed by atoms with E-state index in [2.05, 4.69) is 4.90 Å². The summed E-state index contributed by atoms with van der Waals surface area (Å²) in [7, 11) is 0. The Morgan fingerprint density at radius 2 is 1.42 bits per heavy atom. The molecule has 4 aliphatic rings. The van der Waals surface area contributed by atoms with Gasteiger partial charge in [0.25, 0.3) is 0 Å². The van der Waals surface area contributed by atoms with Crippen molar-refractivity contribution in [3.8, 4) is 0 Å². The normalized spacial score (nSPS) is 31.1. The third-order valence-electron chi connectivity index (χ3n) is 6.57. The van der Waals surface area contributed by atoms with E-state index in [0.29, 0.717) is 26.2 Å². The van der Waals surface area contributed by atoms with Gasteiger partial charge >= 0.3 is 5.97 Å². The second kappa shape index (κ2) is 6.89. The number of hydrogen-bond donors (Lipinski definition) is 1. The van der Waals surface area contributed by atoms with Crippen LogP contribution in [-0.2, 0) is 9.59 Å². The molecule has 1 amide bonds. The standard InChI is InChI=1S/C20H25FN2O3/c21-15-5-7-16(8-6-15)22-9-11-23(12-10-22)19(24)17-13-1-3-14(4-2-13)18(17)20(25)26/h5-8,13-14,17-18H,1-4,9-12H2,(H,25,26)/t13?,14?,17-,18+/m1/s1. The molecule has 0 spiro atoms. The molecule has 4 fully saturated rings. The van der Waals surface area contributed by atoms with E-state index in [4.69, 9.17) is 0 Å².